The van der Waals surface area contributed by atoms with Gasteiger partial charge in [0.2, 0.25) is 0 Å². The number of rotatable bonds is 2. The number of hydrogen-bond acceptors (Lipinski definition) is 3. The zero-order chi connectivity index (χ0) is 11.7. The molecule has 0 saturated carbocycles. The van der Waals surface area contributed by atoms with Gasteiger partial charge in [0, 0.05) is 31.7 Å². The second-order valence-corrected chi connectivity index (χ2v) is 6.31. The van der Waals surface area contributed by atoms with Gasteiger partial charge in [-0.2, -0.15) is 0 Å². The summed E-state index contributed by atoms with van der Waals surface area (Å²) in [4.78, 5) is 5.52. The molecule has 3 unspecified atom stereocenters. The molecule has 3 atom stereocenters. The molecular formula is C14H27N3. The molecule has 0 amide bonds. The van der Waals surface area contributed by atoms with E-state index in [0.717, 1.165) is 18.0 Å². The summed E-state index contributed by atoms with van der Waals surface area (Å²) in [5, 5.41) is 3.50. The van der Waals surface area contributed by atoms with Crippen molar-refractivity contribution in [2.75, 3.05) is 39.3 Å². The minimum absolute atomic E-state index is 0.768. The summed E-state index contributed by atoms with van der Waals surface area (Å²) in [5.41, 5.74) is 0. The Morgan fingerprint density at radius 1 is 1.18 bits per heavy atom. The predicted molar refractivity (Wildman–Crippen MR) is 71.2 cm³/mol. The summed E-state index contributed by atoms with van der Waals surface area (Å²) >= 11 is 0. The quantitative estimate of drug-likeness (QED) is 0.777. The van der Waals surface area contributed by atoms with Crippen LogP contribution in [0, 0.1) is 5.92 Å². The molecule has 3 rings (SSSR count). The van der Waals surface area contributed by atoms with E-state index in [2.05, 4.69) is 22.0 Å². The fourth-order valence-electron chi connectivity index (χ4n) is 3.87. The number of piperazine rings is 1. The molecule has 0 spiro atoms. The Labute approximate surface area is 106 Å². The summed E-state index contributed by atoms with van der Waals surface area (Å²) in [7, 11) is 0. The number of piperidine rings is 1. The van der Waals surface area contributed by atoms with E-state index < -0.39 is 0 Å². The van der Waals surface area contributed by atoms with Crippen LogP contribution in [0.25, 0.3) is 0 Å². The van der Waals surface area contributed by atoms with Gasteiger partial charge in [-0.25, -0.2) is 0 Å². The van der Waals surface area contributed by atoms with Crippen molar-refractivity contribution in [3.8, 4) is 0 Å². The molecule has 98 valence electrons. The van der Waals surface area contributed by atoms with Crippen LogP contribution >= 0.6 is 0 Å². The lowest BCUT2D eigenvalue weighted by Gasteiger charge is -2.48. The third kappa shape index (κ3) is 2.67. The van der Waals surface area contributed by atoms with Gasteiger partial charge in [-0.05, 0) is 51.7 Å². The fraction of sp³-hybridized carbons (Fsp3) is 1.00. The van der Waals surface area contributed by atoms with Crippen LogP contribution in [0.15, 0.2) is 0 Å². The van der Waals surface area contributed by atoms with E-state index in [-0.39, 0.29) is 0 Å². The molecule has 1 N–H and O–H groups in total. The summed E-state index contributed by atoms with van der Waals surface area (Å²) in [6.07, 6.45) is 5.70. The molecule has 0 aromatic heterocycles. The fourth-order valence-corrected chi connectivity index (χ4v) is 3.87. The van der Waals surface area contributed by atoms with Gasteiger partial charge in [-0.15, -0.1) is 0 Å². The molecule has 3 aliphatic heterocycles. The van der Waals surface area contributed by atoms with Gasteiger partial charge >= 0.3 is 0 Å². The van der Waals surface area contributed by atoms with Crippen LogP contribution in [0.2, 0.25) is 0 Å². The summed E-state index contributed by atoms with van der Waals surface area (Å²) in [6, 6.07) is 1.64. The highest BCUT2D eigenvalue weighted by molar-refractivity contribution is 4.90. The highest BCUT2D eigenvalue weighted by atomic mass is 15.3. The molecule has 0 aliphatic carbocycles. The van der Waals surface area contributed by atoms with E-state index in [9.17, 15) is 0 Å². The third-order valence-corrected chi connectivity index (χ3v) is 4.97. The van der Waals surface area contributed by atoms with E-state index in [0.29, 0.717) is 0 Å². The van der Waals surface area contributed by atoms with Crippen LogP contribution in [0.5, 0.6) is 0 Å². The van der Waals surface area contributed by atoms with Crippen molar-refractivity contribution in [3.63, 3.8) is 0 Å². The molecule has 0 bridgehead atoms. The van der Waals surface area contributed by atoms with Crippen LogP contribution < -0.4 is 5.32 Å². The highest BCUT2D eigenvalue weighted by Gasteiger charge is 2.33. The maximum atomic E-state index is 3.50. The second kappa shape index (κ2) is 5.25. The maximum absolute atomic E-state index is 3.50. The molecule has 0 aromatic carbocycles. The van der Waals surface area contributed by atoms with Crippen LogP contribution in [-0.4, -0.2) is 61.2 Å². The van der Waals surface area contributed by atoms with Crippen molar-refractivity contribution >= 4 is 0 Å². The van der Waals surface area contributed by atoms with Crippen LogP contribution in [0.4, 0.5) is 0 Å². The van der Waals surface area contributed by atoms with Crippen molar-refractivity contribution in [2.24, 2.45) is 5.92 Å². The summed E-state index contributed by atoms with van der Waals surface area (Å²) in [5.74, 6) is 0.910. The van der Waals surface area contributed by atoms with Gasteiger partial charge in [0.15, 0.2) is 0 Å². The Morgan fingerprint density at radius 3 is 2.94 bits per heavy atom. The van der Waals surface area contributed by atoms with Gasteiger partial charge < -0.3 is 5.32 Å². The van der Waals surface area contributed by atoms with Gasteiger partial charge in [-0.1, -0.05) is 6.42 Å². The second-order valence-electron chi connectivity index (χ2n) is 6.31. The standard InChI is InChI=1S/C14H27N3/c1-12-9-16-7-3-2-4-14(16)11-17(12)10-13-5-6-15-8-13/h12-15H,2-11H2,1H3. The molecule has 3 saturated heterocycles. The van der Waals surface area contributed by atoms with Crippen LogP contribution in [0.1, 0.15) is 32.6 Å². The maximum Gasteiger partial charge on any atom is 0.0223 e. The Kier molecular flexibility index (Phi) is 3.69. The lowest BCUT2D eigenvalue weighted by atomic mass is 9.96. The minimum Gasteiger partial charge on any atom is -0.316 e. The smallest absolute Gasteiger partial charge is 0.0223 e. The van der Waals surface area contributed by atoms with Crippen molar-refractivity contribution in [1.29, 1.82) is 0 Å². The lowest BCUT2D eigenvalue weighted by molar-refractivity contribution is 0.00896. The van der Waals surface area contributed by atoms with E-state index in [4.69, 9.17) is 0 Å². The number of fused-ring (bicyclic) bond motifs is 1. The molecular weight excluding hydrogens is 210 g/mol. The Balaban J connectivity index is 1.57. The van der Waals surface area contributed by atoms with Gasteiger partial charge in [0.1, 0.15) is 0 Å². The highest BCUT2D eigenvalue weighted by Crippen LogP contribution is 2.25. The largest absolute Gasteiger partial charge is 0.316 e. The molecule has 3 aliphatic rings. The van der Waals surface area contributed by atoms with Gasteiger partial charge in [-0.3, -0.25) is 9.80 Å². The minimum atomic E-state index is 0.768. The SMILES string of the molecule is CC1CN2CCCCC2CN1CC1CCNC1. The number of hydrogen-bond donors (Lipinski definition) is 1. The zero-order valence-corrected chi connectivity index (χ0v) is 11.2. The van der Waals surface area contributed by atoms with E-state index in [1.807, 2.05) is 0 Å². The van der Waals surface area contributed by atoms with E-state index in [1.54, 1.807) is 0 Å². The predicted octanol–water partition coefficient (Wildman–Crippen LogP) is 1.15. The zero-order valence-electron chi connectivity index (χ0n) is 11.2. The third-order valence-electron chi connectivity index (χ3n) is 4.97. The van der Waals surface area contributed by atoms with Gasteiger partial charge in [0.05, 0.1) is 0 Å². The molecule has 3 heteroatoms. The average molecular weight is 237 g/mol. The molecule has 0 aromatic rings. The van der Waals surface area contributed by atoms with Crippen molar-refractivity contribution in [1.82, 2.24) is 15.1 Å². The van der Waals surface area contributed by atoms with Crippen LogP contribution in [0.3, 0.4) is 0 Å². The molecule has 3 fully saturated rings. The molecule has 3 nitrogen and oxygen atoms in total. The van der Waals surface area contributed by atoms with E-state index in [1.165, 1.54) is 65.0 Å². The number of nitrogens with one attached hydrogen (secondary N) is 1. The first-order valence-corrected chi connectivity index (χ1v) is 7.52. The van der Waals surface area contributed by atoms with Crippen molar-refractivity contribution in [3.05, 3.63) is 0 Å². The Hall–Kier alpha value is -0.120. The van der Waals surface area contributed by atoms with E-state index >= 15 is 0 Å². The topological polar surface area (TPSA) is 18.5 Å². The summed E-state index contributed by atoms with van der Waals surface area (Å²) < 4.78 is 0. The molecule has 3 heterocycles. The Morgan fingerprint density at radius 2 is 2.12 bits per heavy atom. The first kappa shape index (κ1) is 11.9. The normalized spacial score (nSPS) is 40.4. The Bertz CT molecular complexity index is 250. The average Bonchev–Trinajstić information content (AvgIpc) is 2.83. The summed E-state index contributed by atoms with van der Waals surface area (Å²) in [6.45, 7) is 10.2. The molecule has 17 heavy (non-hydrogen) atoms. The van der Waals surface area contributed by atoms with Gasteiger partial charge in [0.25, 0.3) is 0 Å². The lowest BCUT2D eigenvalue weighted by Crippen LogP contribution is -2.59. The van der Waals surface area contributed by atoms with Crippen molar-refractivity contribution in [2.45, 2.75) is 44.7 Å². The van der Waals surface area contributed by atoms with Crippen molar-refractivity contribution < 1.29 is 0 Å². The van der Waals surface area contributed by atoms with Crippen LogP contribution in [-0.2, 0) is 0 Å². The molecule has 0 radical (unpaired) electrons. The first-order chi connectivity index (χ1) is 8.33. The monoisotopic (exact) mass is 237 g/mol. The number of nitrogens with zero attached hydrogens (tertiary/aromatic N) is 2. The first-order valence-electron chi connectivity index (χ1n) is 7.52.